The maximum absolute atomic E-state index is 5.50. The third-order valence-electron chi connectivity index (χ3n) is 3.50. The van der Waals surface area contributed by atoms with Crippen LogP contribution in [-0.4, -0.2) is 6.04 Å². The Hall–Kier alpha value is -0.760. The zero-order chi connectivity index (χ0) is 9.54. The molecule has 2 heteroatoms. The van der Waals surface area contributed by atoms with Crippen molar-refractivity contribution >= 4 is 0 Å². The van der Waals surface area contributed by atoms with Crippen LogP contribution in [0.25, 0.3) is 0 Å². The first-order chi connectivity index (χ1) is 6.84. The van der Waals surface area contributed by atoms with Crippen LogP contribution in [-0.2, 0) is 6.42 Å². The summed E-state index contributed by atoms with van der Waals surface area (Å²) in [6.07, 6.45) is 6.92. The van der Waals surface area contributed by atoms with Crippen molar-refractivity contribution in [3.63, 3.8) is 0 Å². The van der Waals surface area contributed by atoms with Crippen molar-refractivity contribution in [2.45, 2.75) is 44.7 Å². The van der Waals surface area contributed by atoms with E-state index in [-0.39, 0.29) is 0 Å². The van der Waals surface area contributed by atoms with E-state index in [9.17, 15) is 0 Å². The molecule has 76 valence electrons. The summed E-state index contributed by atoms with van der Waals surface area (Å²) >= 11 is 0. The normalized spacial score (nSPS) is 31.5. The molecular weight excluding hydrogens is 174 g/mol. The Morgan fingerprint density at radius 3 is 3.00 bits per heavy atom. The molecule has 0 bridgehead atoms. The lowest BCUT2D eigenvalue weighted by atomic mass is 9.84. The van der Waals surface area contributed by atoms with Crippen LogP contribution in [0.1, 0.15) is 43.6 Å². The predicted molar refractivity (Wildman–Crippen MR) is 55.1 cm³/mol. The minimum Gasteiger partial charge on any atom is -0.469 e. The van der Waals surface area contributed by atoms with E-state index in [1.165, 1.54) is 30.6 Å². The van der Waals surface area contributed by atoms with E-state index in [1.54, 1.807) is 0 Å². The molecule has 1 fully saturated rings. The van der Waals surface area contributed by atoms with Gasteiger partial charge in [0.2, 0.25) is 0 Å². The number of fused-ring (bicyclic) bond motifs is 1. The molecule has 2 aliphatic carbocycles. The standard InChI is InChI=1S/C12H17NO/c1-8-2-5-11-10(6-7-14-11)12(8)13-9-3-4-9/h6-9,12-13H,2-5H2,1H3. The SMILES string of the molecule is CC1CCc2occc2C1NC1CC1. The first kappa shape index (κ1) is 8.54. The van der Waals surface area contributed by atoms with E-state index in [0.717, 1.165) is 18.4 Å². The lowest BCUT2D eigenvalue weighted by Crippen LogP contribution is -2.31. The molecule has 2 atom stereocenters. The molecule has 1 aromatic rings. The molecule has 0 aromatic carbocycles. The monoisotopic (exact) mass is 191 g/mol. The number of furan rings is 1. The molecule has 0 aliphatic heterocycles. The van der Waals surface area contributed by atoms with Gasteiger partial charge in [-0.25, -0.2) is 0 Å². The van der Waals surface area contributed by atoms with E-state index in [1.807, 2.05) is 6.26 Å². The minimum atomic E-state index is 0.546. The summed E-state index contributed by atoms with van der Waals surface area (Å²) < 4.78 is 5.50. The van der Waals surface area contributed by atoms with Gasteiger partial charge in [0, 0.05) is 24.1 Å². The maximum Gasteiger partial charge on any atom is 0.108 e. The van der Waals surface area contributed by atoms with Crippen molar-refractivity contribution in [1.29, 1.82) is 0 Å². The van der Waals surface area contributed by atoms with Gasteiger partial charge in [-0.15, -0.1) is 0 Å². The molecule has 3 rings (SSSR count). The molecule has 0 saturated heterocycles. The summed E-state index contributed by atoms with van der Waals surface area (Å²) in [5, 5.41) is 3.72. The van der Waals surface area contributed by atoms with Gasteiger partial charge in [0.25, 0.3) is 0 Å². The van der Waals surface area contributed by atoms with Crippen molar-refractivity contribution < 1.29 is 4.42 Å². The second-order valence-corrected chi connectivity index (χ2v) is 4.73. The van der Waals surface area contributed by atoms with Crippen LogP contribution >= 0.6 is 0 Å². The number of hydrogen-bond acceptors (Lipinski definition) is 2. The van der Waals surface area contributed by atoms with Crippen LogP contribution in [0.5, 0.6) is 0 Å². The molecular formula is C12H17NO. The zero-order valence-corrected chi connectivity index (χ0v) is 8.62. The maximum atomic E-state index is 5.50. The van der Waals surface area contributed by atoms with Crippen molar-refractivity contribution in [1.82, 2.24) is 5.32 Å². The van der Waals surface area contributed by atoms with Gasteiger partial charge >= 0.3 is 0 Å². The highest BCUT2D eigenvalue weighted by molar-refractivity contribution is 5.25. The second kappa shape index (κ2) is 3.13. The van der Waals surface area contributed by atoms with Crippen LogP contribution in [0.2, 0.25) is 0 Å². The van der Waals surface area contributed by atoms with E-state index in [2.05, 4.69) is 18.3 Å². The largest absolute Gasteiger partial charge is 0.469 e. The van der Waals surface area contributed by atoms with Gasteiger partial charge in [0.1, 0.15) is 5.76 Å². The second-order valence-electron chi connectivity index (χ2n) is 4.73. The smallest absolute Gasteiger partial charge is 0.108 e. The molecule has 14 heavy (non-hydrogen) atoms. The molecule has 1 N–H and O–H groups in total. The van der Waals surface area contributed by atoms with Gasteiger partial charge in [-0.3, -0.25) is 0 Å². The first-order valence-electron chi connectivity index (χ1n) is 5.67. The highest BCUT2D eigenvalue weighted by Crippen LogP contribution is 2.37. The molecule has 1 aromatic heterocycles. The Bertz CT molecular complexity index is 327. The van der Waals surface area contributed by atoms with Crippen LogP contribution in [0, 0.1) is 5.92 Å². The lowest BCUT2D eigenvalue weighted by Gasteiger charge is -2.29. The Labute approximate surface area is 84.7 Å². The summed E-state index contributed by atoms with van der Waals surface area (Å²) in [7, 11) is 0. The minimum absolute atomic E-state index is 0.546. The molecule has 2 unspecified atom stereocenters. The average molecular weight is 191 g/mol. The number of hydrogen-bond donors (Lipinski definition) is 1. The van der Waals surface area contributed by atoms with Crippen LogP contribution < -0.4 is 5.32 Å². The van der Waals surface area contributed by atoms with Gasteiger partial charge in [-0.05, 0) is 31.2 Å². The zero-order valence-electron chi connectivity index (χ0n) is 8.62. The fraction of sp³-hybridized carbons (Fsp3) is 0.667. The Morgan fingerprint density at radius 1 is 1.36 bits per heavy atom. The third-order valence-corrected chi connectivity index (χ3v) is 3.50. The molecule has 2 nitrogen and oxygen atoms in total. The van der Waals surface area contributed by atoms with Crippen molar-refractivity contribution in [2.24, 2.45) is 5.92 Å². The third kappa shape index (κ3) is 1.38. The van der Waals surface area contributed by atoms with Crippen molar-refractivity contribution in [3.8, 4) is 0 Å². The summed E-state index contributed by atoms with van der Waals surface area (Å²) in [6.45, 7) is 2.34. The molecule has 2 aliphatic rings. The van der Waals surface area contributed by atoms with E-state index in [4.69, 9.17) is 4.42 Å². The average Bonchev–Trinajstić information content (AvgIpc) is 2.86. The number of nitrogens with one attached hydrogen (secondary N) is 1. The van der Waals surface area contributed by atoms with Gasteiger partial charge in [0.15, 0.2) is 0 Å². The molecule has 0 radical (unpaired) electrons. The van der Waals surface area contributed by atoms with Gasteiger partial charge < -0.3 is 9.73 Å². The van der Waals surface area contributed by atoms with E-state index < -0.39 is 0 Å². The predicted octanol–water partition coefficient (Wildman–Crippen LogP) is 2.66. The van der Waals surface area contributed by atoms with E-state index >= 15 is 0 Å². The fourth-order valence-electron chi connectivity index (χ4n) is 2.42. The van der Waals surface area contributed by atoms with Gasteiger partial charge in [-0.2, -0.15) is 0 Å². The van der Waals surface area contributed by atoms with Gasteiger partial charge in [0.05, 0.1) is 6.26 Å². The number of aryl methyl sites for hydroxylation is 1. The van der Waals surface area contributed by atoms with Crippen molar-refractivity contribution in [3.05, 3.63) is 23.7 Å². The molecule has 0 spiro atoms. The summed E-state index contributed by atoms with van der Waals surface area (Å²) in [5.41, 5.74) is 1.41. The molecule has 0 amide bonds. The fourth-order valence-corrected chi connectivity index (χ4v) is 2.42. The topological polar surface area (TPSA) is 25.2 Å². The van der Waals surface area contributed by atoms with Crippen molar-refractivity contribution in [2.75, 3.05) is 0 Å². The first-order valence-corrected chi connectivity index (χ1v) is 5.67. The molecule has 1 saturated carbocycles. The highest BCUT2D eigenvalue weighted by Gasteiger charge is 2.33. The van der Waals surface area contributed by atoms with Crippen LogP contribution in [0.4, 0.5) is 0 Å². The summed E-state index contributed by atoms with van der Waals surface area (Å²) in [4.78, 5) is 0. The highest BCUT2D eigenvalue weighted by atomic mass is 16.3. The van der Waals surface area contributed by atoms with Crippen LogP contribution in [0.3, 0.4) is 0 Å². The Balaban J connectivity index is 1.86. The quantitative estimate of drug-likeness (QED) is 0.777. The molecule has 1 heterocycles. The summed E-state index contributed by atoms with van der Waals surface area (Å²) in [6, 6.07) is 3.47. The van der Waals surface area contributed by atoms with Gasteiger partial charge in [-0.1, -0.05) is 6.92 Å². The lowest BCUT2D eigenvalue weighted by molar-refractivity contribution is 0.320. The summed E-state index contributed by atoms with van der Waals surface area (Å²) in [5.74, 6) is 1.96. The van der Waals surface area contributed by atoms with Crippen LogP contribution in [0.15, 0.2) is 16.7 Å². The Morgan fingerprint density at radius 2 is 2.21 bits per heavy atom. The Kier molecular flexibility index (Phi) is 1.91. The number of rotatable bonds is 2. The van der Waals surface area contributed by atoms with E-state index in [0.29, 0.717) is 6.04 Å².